The number of rotatable bonds is 1. The maximum absolute atomic E-state index is 10.3. The molecule has 8 nitrogen and oxygen atoms in total. The number of imidazole rings is 1. The summed E-state index contributed by atoms with van der Waals surface area (Å²) in [6.07, 6.45) is 5.59. The first-order valence-corrected chi connectivity index (χ1v) is 8.32. The van der Waals surface area contributed by atoms with Gasteiger partial charge < -0.3 is 20.3 Å². The van der Waals surface area contributed by atoms with Gasteiger partial charge in [0.1, 0.15) is 5.75 Å². The zero-order valence-electron chi connectivity index (χ0n) is 14.3. The van der Waals surface area contributed by atoms with E-state index in [1.165, 1.54) is 0 Å². The molecule has 3 N–H and O–H groups in total. The molecule has 0 atom stereocenters. The number of hydrogen-bond acceptors (Lipinski definition) is 7. The van der Waals surface area contributed by atoms with Crippen LogP contribution < -0.4 is 15.2 Å². The Morgan fingerprint density at radius 2 is 2.12 bits per heavy atom. The minimum absolute atomic E-state index is 0.164. The van der Waals surface area contributed by atoms with Gasteiger partial charge in [-0.25, -0.2) is 0 Å². The summed E-state index contributed by atoms with van der Waals surface area (Å²) in [4.78, 5) is 12.6. The number of methoxy groups -OCH3 is 1. The standard InChI is InChI=1S/C18H19N5O3/c1-25-13-7-6-11-9-12(13)5-3-2-4-8-26-17-21-15(19)14-16(22-17)23(10-11)18(24)20-14/h2-3,6-7,9H,4-5,8,10H2,1H3,(H,20,24)(H2,19,21,22)/b3-2-. The fourth-order valence-corrected chi connectivity index (χ4v) is 3.02. The first-order valence-electron chi connectivity index (χ1n) is 8.32. The van der Waals surface area contributed by atoms with Crippen LogP contribution in [-0.4, -0.2) is 38.3 Å². The normalized spacial score (nSPS) is 15.4. The molecule has 2 aromatic heterocycles. The van der Waals surface area contributed by atoms with Crippen molar-refractivity contribution in [2.75, 3.05) is 19.5 Å². The lowest BCUT2D eigenvalue weighted by atomic mass is 10.1. The number of hydrogen-bond donors (Lipinski definition) is 2. The summed E-state index contributed by atoms with van der Waals surface area (Å²) in [5, 5.41) is 10.3. The van der Waals surface area contributed by atoms with E-state index in [1.54, 1.807) is 11.7 Å². The average molecular weight is 353 g/mol. The molecule has 1 aliphatic rings. The maximum Gasteiger partial charge on any atom is 0.320 e. The van der Waals surface area contributed by atoms with Gasteiger partial charge in [0.25, 0.3) is 6.01 Å². The second kappa shape index (κ2) is 6.55. The molecule has 0 saturated heterocycles. The summed E-state index contributed by atoms with van der Waals surface area (Å²) >= 11 is 0. The summed E-state index contributed by atoms with van der Waals surface area (Å²) in [6.45, 7) is 0.817. The molecule has 1 aromatic carbocycles. The number of nitrogen functional groups attached to an aromatic ring is 1. The Balaban J connectivity index is 1.87. The molecule has 3 aromatic rings. The molecular formula is C18H19N5O3. The molecule has 0 spiro atoms. The maximum atomic E-state index is 10.3. The van der Waals surface area contributed by atoms with Gasteiger partial charge in [0.05, 0.1) is 20.3 Å². The van der Waals surface area contributed by atoms with E-state index in [0.717, 1.165) is 23.3 Å². The molecule has 0 radical (unpaired) electrons. The predicted molar refractivity (Wildman–Crippen MR) is 96.5 cm³/mol. The molecule has 0 saturated carbocycles. The van der Waals surface area contributed by atoms with E-state index < -0.39 is 0 Å². The monoisotopic (exact) mass is 353 g/mol. The van der Waals surface area contributed by atoms with Crippen LogP contribution in [0, 0.1) is 0 Å². The minimum Gasteiger partial charge on any atom is -0.496 e. The SMILES string of the molecule is COc1ccc2cc1C/C=C\CCOc1nc(N)c3nc(O)n(c3n1)C2. The highest BCUT2D eigenvalue weighted by atomic mass is 16.5. The molecular weight excluding hydrogens is 334 g/mol. The third kappa shape index (κ3) is 2.90. The molecule has 0 amide bonds. The van der Waals surface area contributed by atoms with Crippen LogP contribution in [0.4, 0.5) is 5.82 Å². The Labute approximate surface area is 149 Å². The van der Waals surface area contributed by atoms with Gasteiger partial charge >= 0.3 is 6.01 Å². The van der Waals surface area contributed by atoms with Crippen LogP contribution in [0.5, 0.6) is 17.8 Å². The fraction of sp³-hybridized carbons (Fsp3) is 0.278. The zero-order valence-corrected chi connectivity index (χ0v) is 14.3. The second-order valence-electron chi connectivity index (χ2n) is 6.02. The van der Waals surface area contributed by atoms with Crippen LogP contribution in [0.3, 0.4) is 0 Å². The highest BCUT2D eigenvalue weighted by Gasteiger charge is 2.17. The predicted octanol–water partition coefficient (Wildman–Crippen LogP) is 2.05. The Morgan fingerprint density at radius 3 is 2.96 bits per heavy atom. The van der Waals surface area contributed by atoms with Crippen LogP contribution in [0.1, 0.15) is 17.5 Å². The van der Waals surface area contributed by atoms with Crippen molar-refractivity contribution in [3.05, 3.63) is 41.5 Å². The largest absolute Gasteiger partial charge is 0.496 e. The quantitative estimate of drug-likeness (QED) is 0.645. The third-order valence-corrected chi connectivity index (χ3v) is 4.29. The van der Waals surface area contributed by atoms with Crippen molar-refractivity contribution in [3.63, 3.8) is 0 Å². The second-order valence-corrected chi connectivity index (χ2v) is 6.02. The smallest absolute Gasteiger partial charge is 0.320 e. The van der Waals surface area contributed by atoms with Gasteiger partial charge in [-0.3, -0.25) is 4.57 Å². The van der Waals surface area contributed by atoms with E-state index >= 15 is 0 Å². The zero-order chi connectivity index (χ0) is 18.1. The van der Waals surface area contributed by atoms with Crippen molar-refractivity contribution in [1.82, 2.24) is 19.5 Å². The summed E-state index contributed by atoms with van der Waals surface area (Å²) in [5.74, 6) is 1.01. The summed E-state index contributed by atoms with van der Waals surface area (Å²) < 4.78 is 12.6. The van der Waals surface area contributed by atoms with Gasteiger partial charge in [-0.15, -0.1) is 0 Å². The van der Waals surface area contributed by atoms with Crippen molar-refractivity contribution < 1.29 is 14.6 Å². The van der Waals surface area contributed by atoms with Crippen LogP contribution in [-0.2, 0) is 13.0 Å². The van der Waals surface area contributed by atoms with Gasteiger partial charge in [-0.1, -0.05) is 18.2 Å². The Hall–Kier alpha value is -3.29. The Morgan fingerprint density at radius 1 is 1.23 bits per heavy atom. The van der Waals surface area contributed by atoms with Crippen molar-refractivity contribution in [1.29, 1.82) is 0 Å². The number of anilines is 1. The molecule has 0 unspecified atom stereocenters. The number of aromatic hydroxyl groups is 1. The van der Waals surface area contributed by atoms with Crippen LogP contribution >= 0.6 is 0 Å². The number of nitrogens with zero attached hydrogens (tertiary/aromatic N) is 4. The van der Waals surface area contributed by atoms with E-state index in [-0.39, 0.29) is 17.8 Å². The van der Waals surface area contributed by atoms with Gasteiger partial charge in [0.2, 0.25) is 0 Å². The van der Waals surface area contributed by atoms with Crippen LogP contribution in [0.2, 0.25) is 0 Å². The summed E-state index contributed by atoms with van der Waals surface area (Å²) in [5.41, 5.74) is 8.81. The highest BCUT2D eigenvalue weighted by molar-refractivity contribution is 5.83. The van der Waals surface area contributed by atoms with Crippen molar-refractivity contribution >= 4 is 17.0 Å². The number of allylic oxidation sites excluding steroid dienone is 1. The van der Waals surface area contributed by atoms with Crippen molar-refractivity contribution in [2.24, 2.45) is 0 Å². The molecule has 0 fully saturated rings. The summed E-state index contributed by atoms with van der Waals surface area (Å²) in [7, 11) is 1.66. The fourth-order valence-electron chi connectivity index (χ4n) is 3.02. The van der Waals surface area contributed by atoms with E-state index in [1.807, 2.05) is 12.1 Å². The first-order chi connectivity index (χ1) is 12.7. The van der Waals surface area contributed by atoms with Gasteiger partial charge in [-0.05, 0) is 36.1 Å². The molecule has 134 valence electrons. The molecule has 1 aliphatic heterocycles. The first kappa shape index (κ1) is 16.2. The molecule has 0 aliphatic carbocycles. The van der Waals surface area contributed by atoms with Crippen molar-refractivity contribution in [2.45, 2.75) is 19.4 Å². The van der Waals surface area contributed by atoms with Gasteiger partial charge in [-0.2, -0.15) is 15.0 Å². The van der Waals surface area contributed by atoms with Gasteiger partial charge in [0, 0.05) is 0 Å². The van der Waals surface area contributed by atoms with Crippen LogP contribution in [0.25, 0.3) is 11.2 Å². The third-order valence-electron chi connectivity index (χ3n) is 4.29. The molecule has 4 rings (SSSR count). The van der Waals surface area contributed by atoms with Crippen LogP contribution in [0.15, 0.2) is 30.4 Å². The molecule has 8 heteroatoms. The molecule has 26 heavy (non-hydrogen) atoms. The number of aromatic nitrogens is 4. The number of fused-ring (bicyclic) bond motifs is 3. The lowest BCUT2D eigenvalue weighted by Gasteiger charge is -2.12. The Bertz CT molecular complexity index is 996. The number of ether oxygens (including phenoxy) is 2. The molecule has 3 heterocycles. The lowest BCUT2D eigenvalue weighted by molar-refractivity contribution is 0.300. The summed E-state index contributed by atoms with van der Waals surface area (Å²) in [6, 6.07) is 5.95. The molecule has 4 bridgehead atoms. The van der Waals surface area contributed by atoms with E-state index in [0.29, 0.717) is 30.7 Å². The average Bonchev–Trinajstić information content (AvgIpc) is 2.94. The topological polar surface area (TPSA) is 108 Å². The van der Waals surface area contributed by atoms with Gasteiger partial charge in [0.15, 0.2) is 17.0 Å². The highest BCUT2D eigenvalue weighted by Crippen LogP contribution is 2.27. The number of benzene rings is 1. The minimum atomic E-state index is -0.164. The van der Waals surface area contributed by atoms with E-state index in [2.05, 4.69) is 33.2 Å². The van der Waals surface area contributed by atoms with E-state index in [9.17, 15) is 5.11 Å². The number of nitrogens with two attached hydrogens (primary N) is 1. The van der Waals surface area contributed by atoms with Crippen molar-refractivity contribution in [3.8, 4) is 17.8 Å². The van der Waals surface area contributed by atoms with E-state index in [4.69, 9.17) is 15.2 Å². The Kier molecular flexibility index (Phi) is 4.08. The lowest BCUT2D eigenvalue weighted by Crippen LogP contribution is -2.06.